The van der Waals surface area contributed by atoms with E-state index in [1.807, 2.05) is 0 Å². The molecule has 0 aliphatic heterocycles. The van der Waals surface area contributed by atoms with Crippen LogP contribution < -0.4 is 0 Å². The van der Waals surface area contributed by atoms with E-state index >= 15 is 0 Å². The molecule has 2 bridgehead atoms. The third kappa shape index (κ3) is 1.94. The number of hydrogen-bond acceptors (Lipinski definition) is 0. The Morgan fingerprint density at radius 1 is 0.941 bits per heavy atom. The molecule has 0 heterocycles. The Morgan fingerprint density at radius 3 is 2.12 bits per heavy atom. The molecule has 3 rings (SSSR count). The Hall–Kier alpha value is -1.04. The highest BCUT2D eigenvalue weighted by Crippen LogP contribution is 2.48. The highest BCUT2D eigenvalue weighted by atomic mass is 14.4. The first-order valence-corrected chi connectivity index (χ1v) is 6.83. The molecule has 0 radical (unpaired) electrons. The molecule has 3 unspecified atom stereocenters. The fourth-order valence-corrected chi connectivity index (χ4v) is 3.39. The SMILES string of the molecule is CC(C)(C)c1ccc(C2CC3C=CC2C3)cc1. The lowest BCUT2D eigenvalue weighted by Crippen LogP contribution is -2.11. The van der Waals surface area contributed by atoms with Gasteiger partial charge in [-0.2, -0.15) is 0 Å². The third-order valence-corrected chi connectivity index (χ3v) is 4.48. The van der Waals surface area contributed by atoms with Gasteiger partial charge in [-0.3, -0.25) is 0 Å². The first kappa shape index (κ1) is 11.1. The van der Waals surface area contributed by atoms with Crippen molar-refractivity contribution >= 4 is 0 Å². The molecule has 0 N–H and O–H groups in total. The van der Waals surface area contributed by atoms with E-state index in [1.54, 1.807) is 5.56 Å². The number of hydrogen-bond donors (Lipinski definition) is 0. The summed E-state index contributed by atoms with van der Waals surface area (Å²) in [6.45, 7) is 6.84. The van der Waals surface area contributed by atoms with Gasteiger partial charge >= 0.3 is 0 Å². The van der Waals surface area contributed by atoms with Crippen LogP contribution in [0, 0.1) is 11.8 Å². The lowest BCUT2D eigenvalue weighted by atomic mass is 9.83. The van der Waals surface area contributed by atoms with Gasteiger partial charge in [-0.1, -0.05) is 57.2 Å². The molecule has 0 nitrogen and oxygen atoms in total. The third-order valence-electron chi connectivity index (χ3n) is 4.48. The van der Waals surface area contributed by atoms with Crippen molar-refractivity contribution in [1.29, 1.82) is 0 Å². The molecule has 1 aromatic carbocycles. The molecule has 2 aliphatic carbocycles. The van der Waals surface area contributed by atoms with Gasteiger partial charge in [0.1, 0.15) is 0 Å². The van der Waals surface area contributed by atoms with E-state index < -0.39 is 0 Å². The van der Waals surface area contributed by atoms with Crippen molar-refractivity contribution in [2.24, 2.45) is 11.8 Å². The van der Waals surface area contributed by atoms with Gasteiger partial charge in [-0.05, 0) is 47.1 Å². The highest BCUT2D eigenvalue weighted by molar-refractivity contribution is 5.32. The fraction of sp³-hybridized carbons (Fsp3) is 0.529. The predicted octanol–water partition coefficient (Wildman–Crippen LogP) is 4.66. The van der Waals surface area contributed by atoms with Crippen molar-refractivity contribution in [2.45, 2.75) is 44.9 Å². The standard InChI is InChI=1S/C17H22/c1-17(2,3)15-8-6-13(7-9-15)16-11-12-4-5-14(16)10-12/h4-9,12,14,16H,10-11H2,1-3H3. The van der Waals surface area contributed by atoms with Gasteiger partial charge in [0, 0.05) is 0 Å². The van der Waals surface area contributed by atoms with Gasteiger partial charge in [0.05, 0.1) is 0 Å². The molecule has 1 fully saturated rings. The predicted molar refractivity (Wildman–Crippen MR) is 73.2 cm³/mol. The molecule has 0 aromatic heterocycles. The summed E-state index contributed by atoms with van der Waals surface area (Å²) in [5.74, 6) is 2.48. The van der Waals surface area contributed by atoms with Crippen molar-refractivity contribution in [3.8, 4) is 0 Å². The lowest BCUT2D eigenvalue weighted by Gasteiger charge is -2.22. The summed E-state index contributed by atoms with van der Waals surface area (Å²) in [5.41, 5.74) is 3.27. The van der Waals surface area contributed by atoms with E-state index in [1.165, 1.54) is 18.4 Å². The van der Waals surface area contributed by atoms with Gasteiger partial charge in [0.15, 0.2) is 0 Å². The van der Waals surface area contributed by atoms with Crippen LogP contribution in [0.15, 0.2) is 36.4 Å². The van der Waals surface area contributed by atoms with E-state index in [2.05, 4.69) is 57.2 Å². The molecule has 90 valence electrons. The van der Waals surface area contributed by atoms with Crippen LogP contribution in [0.4, 0.5) is 0 Å². The molecule has 0 heteroatoms. The molecule has 0 saturated heterocycles. The van der Waals surface area contributed by atoms with Crippen molar-refractivity contribution in [2.75, 3.05) is 0 Å². The van der Waals surface area contributed by atoms with Gasteiger partial charge in [0.25, 0.3) is 0 Å². The van der Waals surface area contributed by atoms with Crippen LogP contribution in [0.3, 0.4) is 0 Å². The minimum absolute atomic E-state index is 0.271. The van der Waals surface area contributed by atoms with Crippen LogP contribution in [0.25, 0.3) is 0 Å². The van der Waals surface area contributed by atoms with E-state index in [9.17, 15) is 0 Å². The Morgan fingerprint density at radius 2 is 1.65 bits per heavy atom. The maximum absolute atomic E-state index is 2.44. The fourth-order valence-electron chi connectivity index (χ4n) is 3.39. The number of benzene rings is 1. The number of rotatable bonds is 1. The van der Waals surface area contributed by atoms with Crippen LogP contribution in [-0.2, 0) is 5.41 Å². The van der Waals surface area contributed by atoms with Crippen molar-refractivity contribution in [1.82, 2.24) is 0 Å². The first-order chi connectivity index (χ1) is 8.04. The van der Waals surface area contributed by atoms with E-state index in [4.69, 9.17) is 0 Å². The van der Waals surface area contributed by atoms with E-state index in [0.29, 0.717) is 0 Å². The minimum atomic E-state index is 0.271. The van der Waals surface area contributed by atoms with Crippen molar-refractivity contribution in [3.05, 3.63) is 47.5 Å². The minimum Gasteiger partial charge on any atom is -0.0851 e. The Labute approximate surface area is 105 Å². The lowest BCUT2D eigenvalue weighted by molar-refractivity contribution is 0.576. The van der Waals surface area contributed by atoms with Crippen LogP contribution in [0.5, 0.6) is 0 Å². The maximum atomic E-state index is 2.44. The summed E-state index contributed by atoms with van der Waals surface area (Å²) >= 11 is 0. The molecule has 1 saturated carbocycles. The zero-order valence-corrected chi connectivity index (χ0v) is 11.1. The quantitative estimate of drug-likeness (QED) is 0.611. The first-order valence-electron chi connectivity index (χ1n) is 6.83. The summed E-state index contributed by atoms with van der Waals surface area (Å²) in [6.07, 6.45) is 7.63. The van der Waals surface area contributed by atoms with Gasteiger partial charge in [-0.25, -0.2) is 0 Å². The summed E-state index contributed by atoms with van der Waals surface area (Å²) in [6, 6.07) is 9.37. The monoisotopic (exact) mass is 226 g/mol. The van der Waals surface area contributed by atoms with Crippen molar-refractivity contribution in [3.63, 3.8) is 0 Å². The Balaban J connectivity index is 1.84. The Bertz CT molecular complexity index is 430. The van der Waals surface area contributed by atoms with Crippen LogP contribution in [-0.4, -0.2) is 0 Å². The molecular weight excluding hydrogens is 204 g/mol. The molecule has 2 aliphatic rings. The average molecular weight is 226 g/mol. The van der Waals surface area contributed by atoms with Gasteiger partial charge in [-0.15, -0.1) is 0 Å². The average Bonchev–Trinajstić information content (AvgIpc) is 2.89. The number of allylic oxidation sites excluding steroid dienone is 2. The van der Waals surface area contributed by atoms with E-state index in [-0.39, 0.29) is 5.41 Å². The second kappa shape index (κ2) is 3.73. The summed E-state index contributed by atoms with van der Waals surface area (Å²) in [5, 5.41) is 0. The van der Waals surface area contributed by atoms with Gasteiger partial charge in [0.2, 0.25) is 0 Å². The molecule has 0 spiro atoms. The molecule has 0 amide bonds. The second-order valence-electron chi connectivity index (χ2n) is 6.76. The van der Waals surface area contributed by atoms with Crippen LogP contribution in [0.2, 0.25) is 0 Å². The normalized spacial score (nSPS) is 31.1. The topological polar surface area (TPSA) is 0 Å². The van der Waals surface area contributed by atoms with Crippen molar-refractivity contribution < 1.29 is 0 Å². The molecular formula is C17H22. The highest BCUT2D eigenvalue weighted by Gasteiger charge is 2.36. The maximum Gasteiger partial charge on any atom is -0.00932 e. The summed E-state index contributed by atoms with van der Waals surface area (Å²) in [4.78, 5) is 0. The second-order valence-corrected chi connectivity index (χ2v) is 6.76. The summed E-state index contributed by atoms with van der Waals surface area (Å²) < 4.78 is 0. The Kier molecular flexibility index (Phi) is 2.43. The van der Waals surface area contributed by atoms with Gasteiger partial charge < -0.3 is 0 Å². The smallest absolute Gasteiger partial charge is 0.00932 e. The van der Waals surface area contributed by atoms with Crippen LogP contribution in [0.1, 0.15) is 50.7 Å². The van der Waals surface area contributed by atoms with Crippen LogP contribution >= 0.6 is 0 Å². The molecule has 3 atom stereocenters. The number of fused-ring (bicyclic) bond motifs is 2. The molecule has 1 aromatic rings. The van der Waals surface area contributed by atoms with E-state index in [0.717, 1.165) is 17.8 Å². The zero-order valence-electron chi connectivity index (χ0n) is 11.1. The largest absolute Gasteiger partial charge is 0.0851 e. The molecule has 17 heavy (non-hydrogen) atoms. The summed E-state index contributed by atoms with van der Waals surface area (Å²) in [7, 11) is 0. The zero-order chi connectivity index (χ0) is 12.0.